The monoisotopic (exact) mass is 383 g/mol. The van der Waals surface area contributed by atoms with Gasteiger partial charge < -0.3 is 4.90 Å². The Morgan fingerprint density at radius 1 is 1.19 bits per heavy atom. The SMILES string of the molecule is Cc1ccc(C2CCCN2C(=O)CN=C2NS(=O)(=O)c3ccccc32)cc1. The second kappa shape index (κ2) is 6.81. The van der Waals surface area contributed by atoms with Crippen molar-refractivity contribution in [2.75, 3.05) is 13.1 Å². The maximum absolute atomic E-state index is 12.8. The van der Waals surface area contributed by atoms with Crippen molar-refractivity contribution in [3.8, 4) is 0 Å². The molecule has 140 valence electrons. The number of hydrogen-bond acceptors (Lipinski definition) is 4. The maximum Gasteiger partial charge on any atom is 0.263 e. The number of amidine groups is 1. The van der Waals surface area contributed by atoms with E-state index in [-0.39, 0.29) is 29.2 Å². The van der Waals surface area contributed by atoms with Gasteiger partial charge in [-0.3, -0.25) is 14.5 Å². The van der Waals surface area contributed by atoms with Gasteiger partial charge in [-0.15, -0.1) is 0 Å². The van der Waals surface area contributed by atoms with Gasteiger partial charge in [0.05, 0.1) is 10.9 Å². The Morgan fingerprint density at radius 3 is 2.70 bits per heavy atom. The minimum Gasteiger partial charge on any atom is -0.334 e. The molecule has 0 radical (unpaired) electrons. The van der Waals surface area contributed by atoms with Crippen LogP contribution >= 0.6 is 0 Å². The summed E-state index contributed by atoms with van der Waals surface area (Å²) in [6.45, 7) is 2.66. The summed E-state index contributed by atoms with van der Waals surface area (Å²) in [5.41, 5.74) is 2.83. The van der Waals surface area contributed by atoms with Gasteiger partial charge in [0.15, 0.2) is 0 Å². The third-order valence-electron chi connectivity index (χ3n) is 5.07. The number of rotatable bonds is 3. The van der Waals surface area contributed by atoms with Crippen LogP contribution in [0.4, 0.5) is 0 Å². The summed E-state index contributed by atoms with van der Waals surface area (Å²) in [5, 5.41) is 0. The predicted octanol–water partition coefficient (Wildman–Crippen LogP) is 2.40. The van der Waals surface area contributed by atoms with Gasteiger partial charge >= 0.3 is 0 Å². The molecular formula is C20H21N3O3S. The second-order valence-electron chi connectivity index (χ2n) is 6.92. The number of amides is 1. The Balaban J connectivity index is 1.53. The molecule has 1 fully saturated rings. The highest BCUT2D eigenvalue weighted by Crippen LogP contribution is 2.32. The molecule has 2 aromatic rings. The topological polar surface area (TPSA) is 78.8 Å². The number of likely N-dealkylation sites (tertiary alicyclic amines) is 1. The van der Waals surface area contributed by atoms with E-state index in [2.05, 4.69) is 34.0 Å². The van der Waals surface area contributed by atoms with E-state index in [0.717, 1.165) is 18.4 Å². The number of benzene rings is 2. The lowest BCUT2D eigenvalue weighted by molar-refractivity contribution is -0.130. The summed E-state index contributed by atoms with van der Waals surface area (Å²) in [5.74, 6) is 0.152. The highest BCUT2D eigenvalue weighted by Gasteiger charge is 2.32. The third-order valence-corrected chi connectivity index (χ3v) is 6.47. The van der Waals surface area contributed by atoms with Gasteiger partial charge in [-0.05, 0) is 37.5 Å². The van der Waals surface area contributed by atoms with Crippen molar-refractivity contribution in [1.82, 2.24) is 9.62 Å². The Morgan fingerprint density at radius 2 is 1.93 bits per heavy atom. The van der Waals surface area contributed by atoms with Gasteiger partial charge in [-0.25, -0.2) is 8.42 Å². The summed E-state index contributed by atoms with van der Waals surface area (Å²) >= 11 is 0. The number of nitrogens with one attached hydrogen (secondary N) is 1. The van der Waals surface area contributed by atoms with Crippen molar-refractivity contribution < 1.29 is 13.2 Å². The van der Waals surface area contributed by atoms with Crippen molar-refractivity contribution in [3.05, 3.63) is 65.2 Å². The first-order chi connectivity index (χ1) is 13.0. The zero-order valence-corrected chi connectivity index (χ0v) is 15.9. The largest absolute Gasteiger partial charge is 0.334 e. The van der Waals surface area contributed by atoms with Gasteiger partial charge in [0, 0.05) is 12.1 Å². The van der Waals surface area contributed by atoms with Crippen LogP contribution < -0.4 is 4.72 Å². The van der Waals surface area contributed by atoms with E-state index in [0.29, 0.717) is 12.1 Å². The summed E-state index contributed by atoms with van der Waals surface area (Å²) < 4.78 is 26.7. The molecule has 0 bridgehead atoms. The van der Waals surface area contributed by atoms with Crippen molar-refractivity contribution in [2.45, 2.75) is 30.7 Å². The molecule has 2 aromatic carbocycles. The summed E-state index contributed by atoms with van der Waals surface area (Å²) in [7, 11) is -3.59. The Labute approximate surface area is 159 Å². The van der Waals surface area contributed by atoms with Crippen LogP contribution in [0.15, 0.2) is 58.4 Å². The fraction of sp³-hybridized carbons (Fsp3) is 0.300. The van der Waals surface area contributed by atoms with Crippen LogP contribution in [0.25, 0.3) is 0 Å². The van der Waals surface area contributed by atoms with Crippen LogP contribution in [0.5, 0.6) is 0 Å². The predicted molar refractivity (Wildman–Crippen MR) is 103 cm³/mol. The molecular weight excluding hydrogens is 362 g/mol. The molecule has 6 nitrogen and oxygen atoms in total. The average Bonchev–Trinajstić information content (AvgIpc) is 3.24. The molecule has 0 spiro atoms. The van der Waals surface area contributed by atoms with Crippen molar-refractivity contribution in [3.63, 3.8) is 0 Å². The number of nitrogens with zero attached hydrogens (tertiary/aromatic N) is 2. The number of fused-ring (bicyclic) bond motifs is 1. The fourth-order valence-electron chi connectivity index (χ4n) is 3.69. The molecule has 1 N–H and O–H groups in total. The summed E-state index contributed by atoms with van der Waals surface area (Å²) in [6.07, 6.45) is 1.89. The number of carbonyl (C=O) groups is 1. The van der Waals surface area contributed by atoms with E-state index in [9.17, 15) is 13.2 Å². The molecule has 27 heavy (non-hydrogen) atoms. The van der Waals surface area contributed by atoms with Gasteiger partial charge in [0.1, 0.15) is 12.4 Å². The zero-order chi connectivity index (χ0) is 19.0. The van der Waals surface area contributed by atoms with Crippen molar-refractivity contribution in [1.29, 1.82) is 0 Å². The Kier molecular flexibility index (Phi) is 4.47. The van der Waals surface area contributed by atoms with Gasteiger partial charge in [0.2, 0.25) is 5.91 Å². The maximum atomic E-state index is 12.8. The van der Waals surface area contributed by atoms with Crippen LogP contribution in [-0.2, 0) is 14.8 Å². The summed E-state index contributed by atoms with van der Waals surface area (Å²) in [6, 6.07) is 15.0. The van der Waals surface area contributed by atoms with Gasteiger partial charge in [0.25, 0.3) is 10.0 Å². The Hall–Kier alpha value is -2.67. The van der Waals surface area contributed by atoms with Crippen LogP contribution in [0.3, 0.4) is 0 Å². The molecule has 0 aliphatic carbocycles. The molecule has 1 saturated heterocycles. The number of carbonyl (C=O) groups excluding carboxylic acids is 1. The molecule has 4 rings (SSSR count). The van der Waals surface area contributed by atoms with Crippen molar-refractivity contribution >= 4 is 21.8 Å². The van der Waals surface area contributed by atoms with E-state index >= 15 is 0 Å². The molecule has 2 aliphatic rings. The second-order valence-corrected chi connectivity index (χ2v) is 8.57. The van der Waals surface area contributed by atoms with Crippen LogP contribution in [0, 0.1) is 6.92 Å². The van der Waals surface area contributed by atoms with E-state index in [4.69, 9.17) is 0 Å². The zero-order valence-electron chi connectivity index (χ0n) is 15.1. The van der Waals surface area contributed by atoms with Crippen LogP contribution in [0.1, 0.15) is 35.6 Å². The average molecular weight is 383 g/mol. The van der Waals surface area contributed by atoms with E-state index in [1.807, 2.05) is 11.8 Å². The highest BCUT2D eigenvalue weighted by molar-refractivity contribution is 7.90. The lowest BCUT2D eigenvalue weighted by Crippen LogP contribution is -2.33. The quantitative estimate of drug-likeness (QED) is 0.884. The molecule has 1 unspecified atom stereocenters. The number of sulfonamides is 1. The molecule has 1 amide bonds. The number of aliphatic imine (C=N–C) groups is 1. The van der Waals surface area contributed by atoms with Gasteiger partial charge in [-0.1, -0.05) is 42.0 Å². The molecule has 7 heteroatoms. The smallest absolute Gasteiger partial charge is 0.263 e. The molecule has 2 heterocycles. The first-order valence-corrected chi connectivity index (χ1v) is 10.5. The van der Waals surface area contributed by atoms with Crippen LogP contribution in [-0.4, -0.2) is 38.2 Å². The molecule has 2 aliphatic heterocycles. The number of hydrogen-bond donors (Lipinski definition) is 1. The highest BCUT2D eigenvalue weighted by atomic mass is 32.2. The molecule has 1 atom stereocenters. The lowest BCUT2D eigenvalue weighted by atomic mass is 10.0. The fourth-order valence-corrected chi connectivity index (χ4v) is 4.94. The minimum atomic E-state index is -3.59. The standard InChI is InChI=1S/C20H21N3O3S/c1-14-8-10-15(11-9-14)17-6-4-12-23(17)19(24)13-21-20-16-5-2-3-7-18(16)27(25,26)22-20/h2-3,5,7-11,17H,4,6,12-13H2,1H3,(H,21,22). The van der Waals surface area contributed by atoms with Gasteiger partial charge in [-0.2, -0.15) is 0 Å². The van der Waals surface area contributed by atoms with E-state index < -0.39 is 10.0 Å². The van der Waals surface area contributed by atoms with E-state index in [1.165, 1.54) is 11.6 Å². The minimum absolute atomic E-state index is 0.0610. The van der Waals surface area contributed by atoms with Crippen molar-refractivity contribution in [2.24, 2.45) is 4.99 Å². The Bertz CT molecular complexity index is 1010. The number of aryl methyl sites for hydroxylation is 1. The molecule has 0 saturated carbocycles. The first-order valence-electron chi connectivity index (χ1n) is 8.98. The lowest BCUT2D eigenvalue weighted by Gasteiger charge is -2.24. The summed E-state index contributed by atoms with van der Waals surface area (Å²) in [4.78, 5) is 19.1. The molecule has 0 aromatic heterocycles. The third kappa shape index (κ3) is 3.35. The first kappa shape index (κ1) is 17.7. The van der Waals surface area contributed by atoms with Crippen LogP contribution in [0.2, 0.25) is 0 Å². The normalized spacial score (nSPS) is 21.9. The van der Waals surface area contributed by atoms with E-state index in [1.54, 1.807) is 18.2 Å².